The predicted octanol–water partition coefficient (Wildman–Crippen LogP) is 3.19. The lowest BCUT2D eigenvalue weighted by molar-refractivity contribution is 0.171. The highest BCUT2D eigenvalue weighted by atomic mass is 79.9. The summed E-state index contributed by atoms with van der Waals surface area (Å²) >= 11 is 3.66. The van der Waals surface area contributed by atoms with Gasteiger partial charge in [0.2, 0.25) is 0 Å². The van der Waals surface area contributed by atoms with Crippen LogP contribution in [0, 0.1) is 0 Å². The van der Waals surface area contributed by atoms with Crippen molar-refractivity contribution in [1.29, 1.82) is 0 Å². The SMILES string of the molecule is COc1ccc2ncc(=O)n(CCN3CCC(NCc4cc5c(cc4Br)OCCO5)CC3)c2c1. The van der Waals surface area contributed by atoms with E-state index in [2.05, 4.69) is 37.2 Å². The summed E-state index contributed by atoms with van der Waals surface area (Å²) in [6.07, 6.45) is 3.55. The highest BCUT2D eigenvalue weighted by molar-refractivity contribution is 9.10. The maximum Gasteiger partial charge on any atom is 0.269 e. The molecule has 0 saturated carbocycles. The normalized spacial score (nSPS) is 16.6. The average molecular weight is 529 g/mol. The van der Waals surface area contributed by atoms with E-state index >= 15 is 0 Å². The summed E-state index contributed by atoms with van der Waals surface area (Å²) in [5, 5.41) is 3.70. The molecule has 0 atom stereocenters. The third kappa shape index (κ3) is 5.06. The second-order valence-electron chi connectivity index (χ2n) is 8.69. The first-order chi connectivity index (χ1) is 16.6. The first kappa shape index (κ1) is 23.1. The highest BCUT2D eigenvalue weighted by Crippen LogP contribution is 2.35. The molecule has 0 bridgehead atoms. The van der Waals surface area contributed by atoms with Gasteiger partial charge in [-0.3, -0.25) is 4.79 Å². The number of nitrogens with one attached hydrogen (secondary N) is 1. The number of halogens is 1. The van der Waals surface area contributed by atoms with E-state index in [1.54, 1.807) is 11.7 Å². The fourth-order valence-electron chi connectivity index (χ4n) is 4.60. The van der Waals surface area contributed by atoms with Crippen LogP contribution in [-0.2, 0) is 13.1 Å². The zero-order valence-corrected chi connectivity index (χ0v) is 20.8. The van der Waals surface area contributed by atoms with Crippen molar-refractivity contribution in [3.8, 4) is 17.2 Å². The van der Waals surface area contributed by atoms with E-state index in [1.807, 2.05) is 24.3 Å². The number of likely N-dealkylation sites (tertiary alicyclic amines) is 1. The van der Waals surface area contributed by atoms with Crippen LogP contribution >= 0.6 is 15.9 Å². The van der Waals surface area contributed by atoms with Crippen molar-refractivity contribution in [3.05, 3.63) is 56.9 Å². The molecule has 0 unspecified atom stereocenters. The molecule has 1 aromatic heterocycles. The molecular weight excluding hydrogens is 500 g/mol. The summed E-state index contributed by atoms with van der Waals surface area (Å²) in [5.41, 5.74) is 2.70. The van der Waals surface area contributed by atoms with Gasteiger partial charge in [-0.15, -0.1) is 0 Å². The maximum absolute atomic E-state index is 12.5. The largest absolute Gasteiger partial charge is 0.497 e. The van der Waals surface area contributed by atoms with Crippen molar-refractivity contribution in [2.75, 3.05) is 40.0 Å². The van der Waals surface area contributed by atoms with Gasteiger partial charge in [0.15, 0.2) is 11.5 Å². The van der Waals surface area contributed by atoms with Crippen LogP contribution in [0.5, 0.6) is 17.2 Å². The van der Waals surface area contributed by atoms with Gasteiger partial charge in [-0.2, -0.15) is 0 Å². The molecular formula is C25H29BrN4O4. The van der Waals surface area contributed by atoms with Crippen molar-refractivity contribution >= 4 is 27.0 Å². The molecule has 1 N–H and O–H groups in total. The number of hydrogen-bond acceptors (Lipinski definition) is 7. The molecule has 5 rings (SSSR count). The Hall–Kier alpha value is -2.62. The van der Waals surface area contributed by atoms with Crippen molar-refractivity contribution in [1.82, 2.24) is 19.8 Å². The Bertz CT molecular complexity index is 1220. The summed E-state index contributed by atoms with van der Waals surface area (Å²) in [6, 6.07) is 10.2. The summed E-state index contributed by atoms with van der Waals surface area (Å²) in [6.45, 7) is 5.43. The number of hydrogen-bond donors (Lipinski definition) is 1. The molecule has 2 aromatic carbocycles. The van der Waals surface area contributed by atoms with E-state index in [1.165, 1.54) is 11.8 Å². The minimum Gasteiger partial charge on any atom is -0.497 e. The van der Waals surface area contributed by atoms with E-state index in [0.717, 1.165) is 71.8 Å². The van der Waals surface area contributed by atoms with E-state index in [9.17, 15) is 4.79 Å². The Balaban J connectivity index is 1.15. The van der Waals surface area contributed by atoms with Gasteiger partial charge >= 0.3 is 0 Å². The van der Waals surface area contributed by atoms with Gasteiger partial charge in [0.05, 0.1) is 24.3 Å². The fourth-order valence-corrected chi connectivity index (χ4v) is 5.06. The van der Waals surface area contributed by atoms with Crippen LogP contribution < -0.4 is 25.1 Å². The van der Waals surface area contributed by atoms with Crippen LogP contribution in [-0.4, -0.2) is 60.5 Å². The van der Waals surface area contributed by atoms with Crippen molar-refractivity contribution in [3.63, 3.8) is 0 Å². The molecule has 9 heteroatoms. The van der Waals surface area contributed by atoms with Crippen LogP contribution in [0.3, 0.4) is 0 Å². The van der Waals surface area contributed by atoms with Crippen LogP contribution in [0.1, 0.15) is 18.4 Å². The quantitative estimate of drug-likeness (QED) is 0.504. The van der Waals surface area contributed by atoms with Crippen molar-refractivity contribution < 1.29 is 14.2 Å². The first-order valence-corrected chi connectivity index (χ1v) is 12.5. The zero-order chi connectivity index (χ0) is 23.5. The van der Waals surface area contributed by atoms with Gasteiger partial charge in [-0.05, 0) is 55.8 Å². The minimum atomic E-state index is -0.0812. The van der Waals surface area contributed by atoms with Gasteiger partial charge in [0.25, 0.3) is 5.56 Å². The third-order valence-corrected chi connectivity index (χ3v) is 7.31. The third-order valence-electron chi connectivity index (χ3n) is 6.57. The number of methoxy groups -OCH3 is 1. The van der Waals surface area contributed by atoms with Crippen LogP contribution in [0.15, 0.2) is 45.8 Å². The lowest BCUT2D eigenvalue weighted by Crippen LogP contribution is -2.43. The molecule has 0 amide bonds. The van der Waals surface area contributed by atoms with Gasteiger partial charge < -0.3 is 29.0 Å². The Morgan fingerprint density at radius 1 is 1.12 bits per heavy atom. The zero-order valence-electron chi connectivity index (χ0n) is 19.3. The topological polar surface area (TPSA) is 77.9 Å². The standard InChI is InChI=1S/C25H29BrN4O4/c1-32-19-2-3-21-22(13-19)30(25(31)16-28-21)9-8-29-6-4-18(5-7-29)27-15-17-12-23-24(14-20(17)26)34-11-10-33-23/h2-3,12-14,16,18,27H,4-11,15H2,1H3. The Kier molecular flexibility index (Phi) is 7.03. The molecule has 0 radical (unpaired) electrons. The molecule has 0 aliphatic carbocycles. The minimum absolute atomic E-state index is 0.0812. The summed E-state index contributed by atoms with van der Waals surface area (Å²) < 4.78 is 19.5. The van der Waals surface area contributed by atoms with Gasteiger partial charge in [0, 0.05) is 36.2 Å². The lowest BCUT2D eigenvalue weighted by Gasteiger charge is -2.32. The van der Waals surface area contributed by atoms with Gasteiger partial charge in [-0.1, -0.05) is 15.9 Å². The summed E-state index contributed by atoms with van der Waals surface area (Å²) in [4.78, 5) is 19.2. The van der Waals surface area contributed by atoms with Gasteiger partial charge in [0.1, 0.15) is 19.0 Å². The van der Waals surface area contributed by atoms with Crippen molar-refractivity contribution in [2.45, 2.75) is 32.0 Å². The number of ether oxygens (including phenoxy) is 3. The summed E-state index contributed by atoms with van der Waals surface area (Å²) in [7, 11) is 1.63. The number of benzene rings is 2. The lowest BCUT2D eigenvalue weighted by atomic mass is 10.0. The van der Waals surface area contributed by atoms with E-state index < -0.39 is 0 Å². The second-order valence-corrected chi connectivity index (χ2v) is 9.54. The molecule has 180 valence electrons. The highest BCUT2D eigenvalue weighted by Gasteiger charge is 2.20. The smallest absolute Gasteiger partial charge is 0.269 e. The Morgan fingerprint density at radius 2 is 1.88 bits per heavy atom. The molecule has 2 aliphatic rings. The van der Waals surface area contributed by atoms with Crippen LogP contribution in [0.25, 0.3) is 11.0 Å². The molecule has 34 heavy (non-hydrogen) atoms. The Morgan fingerprint density at radius 3 is 2.65 bits per heavy atom. The van der Waals surface area contributed by atoms with Gasteiger partial charge in [-0.25, -0.2) is 4.98 Å². The molecule has 0 spiro atoms. The first-order valence-electron chi connectivity index (χ1n) is 11.7. The predicted molar refractivity (Wildman–Crippen MR) is 134 cm³/mol. The second kappa shape index (κ2) is 10.3. The number of nitrogens with zero attached hydrogens (tertiary/aromatic N) is 3. The van der Waals surface area contributed by atoms with Crippen molar-refractivity contribution in [2.24, 2.45) is 0 Å². The van der Waals surface area contributed by atoms with E-state index in [-0.39, 0.29) is 5.56 Å². The number of rotatable bonds is 7. The van der Waals surface area contributed by atoms with Crippen LogP contribution in [0.4, 0.5) is 0 Å². The molecule has 2 aliphatic heterocycles. The maximum atomic E-state index is 12.5. The molecule has 3 aromatic rings. The fraction of sp³-hybridized carbons (Fsp3) is 0.440. The Labute approximate surface area is 207 Å². The monoisotopic (exact) mass is 528 g/mol. The van der Waals surface area contributed by atoms with E-state index in [4.69, 9.17) is 14.2 Å². The molecule has 1 fully saturated rings. The number of aromatic nitrogens is 2. The summed E-state index contributed by atoms with van der Waals surface area (Å²) in [5.74, 6) is 2.34. The van der Waals surface area contributed by atoms with Crippen LogP contribution in [0.2, 0.25) is 0 Å². The number of piperidine rings is 1. The molecule has 3 heterocycles. The molecule has 8 nitrogen and oxygen atoms in total. The number of fused-ring (bicyclic) bond motifs is 2. The molecule has 1 saturated heterocycles. The van der Waals surface area contributed by atoms with E-state index in [0.29, 0.717) is 25.8 Å². The average Bonchev–Trinajstić information content (AvgIpc) is 2.87.